The normalized spacial score (nSPS) is 10.2. The molecule has 0 bridgehead atoms. The predicted octanol–water partition coefficient (Wildman–Crippen LogP) is 4.47. The summed E-state index contributed by atoms with van der Waals surface area (Å²) < 4.78 is 11.4. The molecule has 0 spiro atoms. The van der Waals surface area contributed by atoms with E-state index in [-0.39, 0.29) is 11.8 Å². The Kier molecular flexibility index (Phi) is 7.67. The number of unbranched alkanes of at least 4 members (excludes halogenated alkanes) is 1. The zero-order chi connectivity index (χ0) is 19.6. The van der Waals surface area contributed by atoms with E-state index in [1.165, 1.54) is 6.92 Å². The summed E-state index contributed by atoms with van der Waals surface area (Å²) in [7, 11) is 0. The average Bonchev–Trinajstić information content (AvgIpc) is 2.63. The molecule has 0 saturated heterocycles. The highest BCUT2D eigenvalue weighted by atomic mass is 16.5. The van der Waals surface area contributed by atoms with Crippen molar-refractivity contribution >= 4 is 23.2 Å². The van der Waals surface area contributed by atoms with Gasteiger partial charge in [0.25, 0.3) is 5.91 Å². The van der Waals surface area contributed by atoms with E-state index in [0.717, 1.165) is 12.8 Å². The minimum atomic E-state index is -0.268. The van der Waals surface area contributed by atoms with Crippen LogP contribution in [0.5, 0.6) is 11.5 Å². The highest BCUT2D eigenvalue weighted by Crippen LogP contribution is 2.29. The summed E-state index contributed by atoms with van der Waals surface area (Å²) >= 11 is 0. The van der Waals surface area contributed by atoms with Crippen molar-refractivity contribution in [2.45, 2.75) is 33.6 Å². The second kappa shape index (κ2) is 10.2. The van der Waals surface area contributed by atoms with Crippen LogP contribution in [0.4, 0.5) is 11.4 Å². The van der Waals surface area contributed by atoms with Crippen molar-refractivity contribution in [3.8, 4) is 11.5 Å². The molecule has 2 aromatic carbocycles. The standard InChI is InChI=1S/C21H26N2O4/c1-4-6-12-27-19-11-10-16(13-20(19)26-5-2)21(25)23-18-9-7-8-17(14-18)22-15(3)24/h7-11,13-14H,4-6,12H2,1-3H3,(H,22,24)(H,23,25). The molecule has 2 N–H and O–H groups in total. The first-order chi connectivity index (χ1) is 13.0. The fraction of sp³-hybridized carbons (Fsp3) is 0.333. The van der Waals surface area contributed by atoms with Gasteiger partial charge in [0.15, 0.2) is 11.5 Å². The van der Waals surface area contributed by atoms with Gasteiger partial charge in [-0.05, 0) is 49.7 Å². The van der Waals surface area contributed by atoms with Crippen molar-refractivity contribution < 1.29 is 19.1 Å². The molecule has 6 heteroatoms. The summed E-state index contributed by atoms with van der Waals surface area (Å²) in [6, 6.07) is 12.1. The van der Waals surface area contributed by atoms with E-state index < -0.39 is 0 Å². The van der Waals surface area contributed by atoms with Crippen molar-refractivity contribution in [2.75, 3.05) is 23.8 Å². The molecular formula is C21H26N2O4. The number of anilines is 2. The quantitative estimate of drug-likeness (QED) is 0.638. The van der Waals surface area contributed by atoms with Crippen LogP contribution in [-0.4, -0.2) is 25.0 Å². The van der Waals surface area contributed by atoms with Crippen LogP contribution >= 0.6 is 0 Å². The van der Waals surface area contributed by atoms with Crippen LogP contribution in [-0.2, 0) is 4.79 Å². The van der Waals surface area contributed by atoms with Crippen LogP contribution in [0.2, 0.25) is 0 Å². The molecule has 0 aromatic heterocycles. The monoisotopic (exact) mass is 370 g/mol. The lowest BCUT2D eigenvalue weighted by Crippen LogP contribution is -2.13. The molecule has 0 aliphatic rings. The molecule has 0 atom stereocenters. The number of carbonyl (C=O) groups is 2. The molecule has 0 heterocycles. The molecule has 0 fully saturated rings. The van der Waals surface area contributed by atoms with E-state index in [1.54, 1.807) is 42.5 Å². The van der Waals surface area contributed by atoms with Gasteiger partial charge >= 0.3 is 0 Å². The smallest absolute Gasteiger partial charge is 0.255 e. The van der Waals surface area contributed by atoms with Crippen LogP contribution in [0, 0.1) is 0 Å². The van der Waals surface area contributed by atoms with E-state index in [0.29, 0.717) is 41.7 Å². The maximum Gasteiger partial charge on any atom is 0.255 e. The third-order valence-corrected chi connectivity index (χ3v) is 3.70. The van der Waals surface area contributed by atoms with E-state index >= 15 is 0 Å². The lowest BCUT2D eigenvalue weighted by Gasteiger charge is -2.13. The highest BCUT2D eigenvalue weighted by molar-refractivity contribution is 6.05. The van der Waals surface area contributed by atoms with Gasteiger partial charge in [0.2, 0.25) is 5.91 Å². The molecule has 2 amide bonds. The van der Waals surface area contributed by atoms with Gasteiger partial charge < -0.3 is 20.1 Å². The van der Waals surface area contributed by atoms with Gasteiger partial charge in [-0.1, -0.05) is 19.4 Å². The van der Waals surface area contributed by atoms with E-state index in [9.17, 15) is 9.59 Å². The Balaban J connectivity index is 2.13. The third kappa shape index (κ3) is 6.33. The Labute approximate surface area is 159 Å². The fourth-order valence-corrected chi connectivity index (χ4v) is 2.44. The van der Waals surface area contributed by atoms with E-state index in [2.05, 4.69) is 17.6 Å². The van der Waals surface area contributed by atoms with Crippen LogP contribution < -0.4 is 20.1 Å². The summed E-state index contributed by atoms with van der Waals surface area (Å²) in [5, 5.41) is 5.52. The SMILES string of the molecule is CCCCOc1ccc(C(=O)Nc2cccc(NC(C)=O)c2)cc1OCC. The number of carbonyl (C=O) groups excluding carboxylic acids is 2. The Morgan fingerprint density at radius 1 is 0.926 bits per heavy atom. The largest absolute Gasteiger partial charge is 0.490 e. The number of ether oxygens (including phenoxy) is 2. The van der Waals surface area contributed by atoms with E-state index in [4.69, 9.17) is 9.47 Å². The minimum Gasteiger partial charge on any atom is -0.490 e. The molecule has 0 aliphatic heterocycles. The lowest BCUT2D eigenvalue weighted by molar-refractivity contribution is -0.114. The van der Waals surface area contributed by atoms with Crippen molar-refractivity contribution in [2.24, 2.45) is 0 Å². The number of rotatable bonds is 9. The Hall–Kier alpha value is -3.02. The number of amides is 2. The van der Waals surface area contributed by atoms with Crippen LogP contribution in [0.15, 0.2) is 42.5 Å². The van der Waals surface area contributed by atoms with Crippen molar-refractivity contribution in [3.05, 3.63) is 48.0 Å². The highest BCUT2D eigenvalue weighted by Gasteiger charge is 2.12. The second-order valence-electron chi connectivity index (χ2n) is 6.01. The predicted molar refractivity (Wildman–Crippen MR) is 107 cm³/mol. The van der Waals surface area contributed by atoms with Crippen LogP contribution in [0.3, 0.4) is 0 Å². The van der Waals surface area contributed by atoms with Gasteiger partial charge in [0, 0.05) is 23.9 Å². The average molecular weight is 370 g/mol. The number of benzene rings is 2. The van der Waals surface area contributed by atoms with Crippen molar-refractivity contribution in [1.29, 1.82) is 0 Å². The van der Waals surface area contributed by atoms with Gasteiger partial charge in [0.1, 0.15) is 0 Å². The number of nitrogens with one attached hydrogen (secondary N) is 2. The molecule has 0 aliphatic carbocycles. The zero-order valence-electron chi connectivity index (χ0n) is 16.0. The molecule has 0 radical (unpaired) electrons. The molecular weight excluding hydrogens is 344 g/mol. The molecule has 0 saturated carbocycles. The third-order valence-electron chi connectivity index (χ3n) is 3.70. The van der Waals surface area contributed by atoms with E-state index in [1.807, 2.05) is 6.92 Å². The molecule has 2 aromatic rings. The number of hydrogen-bond acceptors (Lipinski definition) is 4. The molecule has 144 valence electrons. The summed E-state index contributed by atoms with van der Waals surface area (Å²) in [4.78, 5) is 23.8. The first-order valence-corrected chi connectivity index (χ1v) is 9.12. The molecule has 27 heavy (non-hydrogen) atoms. The van der Waals surface area contributed by atoms with Gasteiger partial charge in [-0.15, -0.1) is 0 Å². The molecule has 0 unspecified atom stereocenters. The maximum absolute atomic E-state index is 12.6. The Morgan fingerprint density at radius 2 is 1.67 bits per heavy atom. The minimum absolute atomic E-state index is 0.168. The fourth-order valence-electron chi connectivity index (χ4n) is 2.44. The van der Waals surface area contributed by atoms with Gasteiger partial charge in [-0.25, -0.2) is 0 Å². The van der Waals surface area contributed by atoms with Crippen LogP contribution in [0.1, 0.15) is 44.0 Å². The van der Waals surface area contributed by atoms with Crippen molar-refractivity contribution in [1.82, 2.24) is 0 Å². The Morgan fingerprint density at radius 3 is 2.33 bits per heavy atom. The zero-order valence-corrected chi connectivity index (χ0v) is 16.0. The first-order valence-electron chi connectivity index (χ1n) is 9.12. The topological polar surface area (TPSA) is 76.7 Å². The summed E-state index contributed by atoms with van der Waals surface area (Å²) in [5.74, 6) is 0.747. The first kappa shape index (κ1) is 20.3. The van der Waals surface area contributed by atoms with Crippen LogP contribution in [0.25, 0.3) is 0 Å². The summed E-state index contributed by atoms with van der Waals surface area (Å²) in [5.41, 5.74) is 1.67. The van der Waals surface area contributed by atoms with Gasteiger partial charge in [-0.3, -0.25) is 9.59 Å². The van der Waals surface area contributed by atoms with Gasteiger partial charge in [0.05, 0.1) is 13.2 Å². The summed E-state index contributed by atoms with van der Waals surface area (Å²) in [6.07, 6.45) is 2.00. The summed E-state index contributed by atoms with van der Waals surface area (Å²) in [6.45, 7) is 6.51. The Bertz CT molecular complexity index is 790. The lowest BCUT2D eigenvalue weighted by atomic mass is 10.1. The van der Waals surface area contributed by atoms with Gasteiger partial charge in [-0.2, -0.15) is 0 Å². The second-order valence-corrected chi connectivity index (χ2v) is 6.01. The maximum atomic E-state index is 12.6. The molecule has 2 rings (SSSR count). The number of hydrogen-bond donors (Lipinski definition) is 2. The van der Waals surface area contributed by atoms with Crippen molar-refractivity contribution in [3.63, 3.8) is 0 Å². The molecule has 6 nitrogen and oxygen atoms in total.